The Morgan fingerprint density at radius 1 is 1.04 bits per heavy atom. The van der Waals surface area contributed by atoms with Crippen LogP contribution in [-0.2, 0) is 14.2 Å². The third-order valence-corrected chi connectivity index (χ3v) is 3.83. The molecule has 0 N–H and O–H groups in total. The number of methoxy groups -OCH3 is 2. The second-order valence-corrected chi connectivity index (χ2v) is 5.60. The Labute approximate surface area is 155 Å². The van der Waals surface area contributed by atoms with Crippen LogP contribution in [0.25, 0.3) is 0 Å². The summed E-state index contributed by atoms with van der Waals surface area (Å²) in [6.07, 6.45) is -0.280. The van der Waals surface area contributed by atoms with E-state index in [-0.39, 0.29) is 11.3 Å². The van der Waals surface area contributed by atoms with Gasteiger partial charge in [-0.1, -0.05) is 12.1 Å². The van der Waals surface area contributed by atoms with E-state index in [1.807, 2.05) is 0 Å². The van der Waals surface area contributed by atoms with Crippen molar-refractivity contribution in [3.63, 3.8) is 0 Å². The molecule has 0 fully saturated rings. The van der Waals surface area contributed by atoms with E-state index in [1.165, 1.54) is 38.5 Å². The third-order valence-electron chi connectivity index (χ3n) is 3.83. The van der Waals surface area contributed by atoms with Crippen molar-refractivity contribution in [1.82, 2.24) is 0 Å². The second kappa shape index (κ2) is 9.44. The summed E-state index contributed by atoms with van der Waals surface area (Å²) in [5, 5.41) is 10.7. The van der Waals surface area contributed by atoms with Gasteiger partial charge in [-0.05, 0) is 29.8 Å². The SMILES string of the molecule is COCC[C@H](OC(=O)c1ccc([N+](=O)[O-])cc1)c1cccc(C(=O)OC)c1. The molecule has 8 nitrogen and oxygen atoms in total. The predicted octanol–water partition coefficient (Wildman–Crippen LogP) is 3.32. The van der Waals surface area contributed by atoms with Crippen LogP contribution in [0, 0.1) is 10.1 Å². The van der Waals surface area contributed by atoms with Crippen molar-refractivity contribution in [1.29, 1.82) is 0 Å². The molecule has 8 heteroatoms. The molecule has 1 atom stereocenters. The van der Waals surface area contributed by atoms with Crippen LogP contribution in [0.5, 0.6) is 0 Å². The van der Waals surface area contributed by atoms with Gasteiger partial charge < -0.3 is 14.2 Å². The third kappa shape index (κ3) is 5.35. The van der Waals surface area contributed by atoms with E-state index in [0.717, 1.165) is 0 Å². The van der Waals surface area contributed by atoms with Gasteiger partial charge in [0.1, 0.15) is 6.10 Å². The van der Waals surface area contributed by atoms with Crippen LogP contribution in [0.1, 0.15) is 38.8 Å². The summed E-state index contributed by atoms with van der Waals surface area (Å²) in [6.45, 7) is 0.334. The van der Waals surface area contributed by atoms with Gasteiger partial charge in [0, 0.05) is 25.7 Å². The van der Waals surface area contributed by atoms with Gasteiger partial charge in [-0.15, -0.1) is 0 Å². The number of hydrogen-bond donors (Lipinski definition) is 0. The molecule has 0 aromatic heterocycles. The Kier molecular flexibility index (Phi) is 7.01. The van der Waals surface area contributed by atoms with E-state index in [4.69, 9.17) is 14.2 Å². The number of rotatable bonds is 8. The highest BCUT2D eigenvalue weighted by Gasteiger charge is 2.20. The Morgan fingerprint density at radius 3 is 2.33 bits per heavy atom. The number of benzene rings is 2. The molecule has 0 radical (unpaired) electrons. The zero-order valence-electron chi connectivity index (χ0n) is 14.9. The van der Waals surface area contributed by atoms with Crippen LogP contribution in [0.4, 0.5) is 5.69 Å². The lowest BCUT2D eigenvalue weighted by Gasteiger charge is -2.18. The molecule has 0 amide bonds. The van der Waals surface area contributed by atoms with Gasteiger partial charge in [-0.3, -0.25) is 10.1 Å². The van der Waals surface area contributed by atoms with Crippen LogP contribution in [0.2, 0.25) is 0 Å². The highest BCUT2D eigenvalue weighted by Crippen LogP contribution is 2.25. The number of esters is 2. The maximum atomic E-state index is 12.4. The normalized spacial score (nSPS) is 11.5. The standard InChI is InChI=1S/C19H19NO7/c1-25-11-10-17(14-4-3-5-15(12-14)18(21)26-2)27-19(22)13-6-8-16(9-7-13)20(23)24/h3-9,12,17H,10-11H2,1-2H3/t17-/m0/s1. The van der Waals surface area contributed by atoms with E-state index in [2.05, 4.69) is 0 Å². The lowest BCUT2D eigenvalue weighted by molar-refractivity contribution is -0.384. The first kappa shape index (κ1) is 20.1. The second-order valence-electron chi connectivity index (χ2n) is 5.60. The number of hydrogen-bond acceptors (Lipinski definition) is 7. The van der Waals surface area contributed by atoms with Crippen molar-refractivity contribution in [2.24, 2.45) is 0 Å². The number of nitro groups is 1. The van der Waals surface area contributed by atoms with Crippen molar-refractivity contribution in [3.8, 4) is 0 Å². The van der Waals surface area contributed by atoms with E-state index in [9.17, 15) is 19.7 Å². The lowest BCUT2D eigenvalue weighted by Crippen LogP contribution is -2.14. The van der Waals surface area contributed by atoms with Crippen molar-refractivity contribution in [2.75, 3.05) is 20.8 Å². The molecule has 0 spiro atoms. The first-order chi connectivity index (χ1) is 13.0. The molecule has 0 unspecified atom stereocenters. The van der Waals surface area contributed by atoms with Crippen molar-refractivity contribution >= 4 is 17.6 Å². The Hall–Kier alpha value is -3.26. The van der Waals surface area contributed by atoms with E-state index >= 15 is 0 Å². The van der Waals surface area contributed by atoms with Crippen LogP contribution in [-0.4, -0.2) is 37.7 Å². The van der Waals surface area contributed by atoms with E-state index in [1.54, 1.807) is 24.3 Å². The number of carbonyl (C=O) groups excluding carboxylic acids is 2. The highest BCUT2D eigenvalue weighted by atomic mass is 16.6. The zero-order valence-corrected chi connectivity index (χ0v) is 14.9. The number of non-ortho nitro benzene ring substituents is 1. The smallest absolute Gasteiger partial charge is 0.338 e. The van der Waals surface area contributed by atoms with Crippen molar-refractivity contribution in [3.05, 3.63) is 75.3 Å². The quantitative estimate of drug-likeness (QED) is 0.397. The molecular weight excluding hydrogens is 354 g/mol. The van der Waals surface area contributed by atoms with Gasteiger partial charge in [0.05, 0.1) is 29.8 Å². The predicted molar refractivity (Wildman–Crippen MR) is 95.5 cm³/mol. The van der Waals surface area contributed by atoms with Gasteiger partial charge in [0.15, 0.2) is 0 Å². The fraction of sp³-hybridized carbons (Fsp3) is 0.263. The molecular formula is C19H19NO7. The largest absolute Gasteiger partial charge is 0.465 e. The van der Waals surface area contributed by atoms with Gasteiger partial charge in [0.25, 0.3) is 5.69 Å². The number of nitrogens with zero attached hydrogens (tertiary/aromatic N) is 1. The Morgan fingerprint density at radius 2 is 1.74 bits per heavy atom. The summed E-state index contributed by atoms with van der Waals surface area (Å²) < 4.78 is 15.3. The molecule has 0 bridgehead atoms. The molecule has 0 aliphatic carbocycles. The fourth-order valence-electron chi connectivity index (χ4n) is 2.42. The molecule has 0 aliphatic rings. The lowest BCUT2D eigenvalue weighted by atomic mass is 10.0. The molecule has 2 aromatic rings. The fourth-order valence-corrected chi connectivity index (χ4v) is 2.42. The maximum Gasteiger partial charge on any atom is 0.338 e. The molecule has 0 heterocycles. The molecule has 0 saturated heterocycles. The van der Waals surface area contributed by atoms with Gasteiger partial charge >= 0.3 is 11.9 Å². The van der Waals surface area contributed by atoms with Crippen molar-refractivity contribution in [2.45, 2.75) is 12.5 Å². The van der Waals surface area contributed by atoms with E-state index < -0.39 is 23.0 Å². The summed E-state index contributed by atoms with van der Waals surface area (Å²) >= 11 is 0. The Bertz CT molecular complexity index is 817. The minimum absolute atomic E-state index is 0.117. The Balaban J connectivity index is 2.22. The summed E-state index contributed by atoms with van der Waals surface area (Å²) in [4.78, 5) is 34.3. The minimum Gasteiger partial charge on any atom is -0.465 e. The number of nitro benzene ring substituents is 1. The summed E-state index contributed by atoms with van der Waals surface area (Å²) in [7, 11) is 2.81. The van der Waals surface area contributed by atoms with Crippen LogP contribution in [0.3, 0.4) is 0 Å². The van der Waals surface area contributed by atoms with Gasteiger partial charge in [-0.2, -0.15) is 0 Å². The van der Waals surface area contributed by atoms with Crippen LogP contribution >= 0.6 is 0 Å². The first-order valence-corrected chi connectivity index (χ1v) is 8.09. The van der Waals surface area contributed by atoms with Crippen LogP contribution in [0.15, 0.2) is 48.5 Å². The van der Waals surface area contributed by atoms with Crippen molar-refractivity contribution < 1.29 is 28.7 Å². The highest BCUT2D eigenvalue weighted by molar-refractivity contribution is 5.90. The van der Waals surface area contributed by atoms with Gasteiger partial charge in [0.2, 0.25) is 0 Å². The molecule has 0 saturated carbocycles. The van der Waals surface area contributed by atoms with Crippen LogP contribution < -0.4 is 0 Å². The number of carbonyl (C=O) groups is 2. The molecule has 2 rings (SSSR count). The first-order valence-electron chi connectivity index (χ1n) is 8.09. The maximum absolute atomic E-state index is 12.4. The number of ether oxygens (including phenoxy) is 3. The molecule has 2 aromatic carbocycles. The molecule has 27 heavy (non-hydrogen) atoms. The summed E-state index contributed by atoms with van der Waals surface area (Å²) in [5.74, 6) is -1.13. The topological polar surface area (TPSA) is 105 Å². The molecule has 142 valence electrons. The summed E-state index contributed by atoms with van der Waals surface area (Å²) in [6, 6.07) is 11.7. The molecule has 0 aliphatic heterocycles. The average Bonchev–Trinajstić information content (AvgIpc) is 2.70. The average molecular weight is 373 g/mol. The monoisotopic (exact) mass is 373 g/mol. The van der Waals surface area contributed by atoms with E-state index in [0.29, 0.717) is 24.2 Å². The minimum atomic E-state index is -0.655. The van der Waals surface area contributed by atoms with Gasteiger partial charge in [-0.25, -0.2) is 9.59 Å². The summed E-state index contributed by atoms with van der Waals surface area (Å²) in [5.41, 5.74) is 1.02. The zero-order chi connectivity index (χ0) is 19.8.